The van der Waals surface area contributed by atoms with E-state index in [0.29, 0.717) is 5.82 Å². The van der Waals surface area contributed by atoms with E-state index in [1.54, 1.807) is 6.92 Å². The van der Waals surface area contributed by atoms with E-state index in [9.17, 15) is 4.79 Å². The first-order valence-electron chi connectivity index (χ1n) is 4.93. The molecule has 0 saturated carbocycles. The summed E-state index contributed by atoms with van der Waals surface area (Å²) in [5.74, 6) is 0.282. The Bertz CT molecular complexity index is 349. The Morgan fingerprint density at radius 2 is 2.20 bits per heavy atom. The van der Waals surface area contributed by atoms with Gasteiger partial charge >= 0.3 is 0 Å². The van der Waals surface area contributed by atoms with Gasteiger partial charge in [-0.2, -0.15) is 5.10 Å². The van der Waals surface area contributed by atoms with Gasteiger partial charge in [-0.15, -0.1) is 0 Å². The van der Waals surface area contributed by atoms with Crippen LogP contribution >= 0.6 is 0 Å². The number of rotatable bonds is 2. The Morgan fingerprint density at radius 1 is 1.60 bits per heavy atom. The van der Waals surface area contributed by atoms with Crippen LogP contribution in [-0.2, 0) is 10.2 Å². The van der Waals surface area contributed by atoms with Crippen molar-refractivity contribution < 1.29 is 4.79 Å². The number of nitrogens with zero attached hydrogens (tertiary/aromatic N) is 1. The maximum atomic E-state index is 11.3. The third kappa shape index (κ3) is 3.06. The average Bonchev–Trinajstić information content (AvgIpc) is 2.51. The molecule has 0 aliphatic carbocycles. The van der Waals surface area contributed by atoms with Gasteiger partial charge in [0.25, 0.3) is 0 Å². The molecule has 1 rings (SSSR count). The van der Waals surface area contributed by atoms with Gasteiger partial charge in [0.15, 0.2) is 5.82 Å². The van der Waals surface area contributed by atoms with Crippen molar-refractivity contribution in [1.82, 2.24) is 10.2 Å². The molecule has 1 heterocycles. The van der Waals surface area contributed by atoms with Crippen LogP contribution in [0.3, 0.4) is 0 Å². The number of H-pyrrole nitrogens is 1. The van der Waals surface area contributed by atoms with Crippen molar-refractivity contribution in [3.05, 3.63) is 11.8 Å². The van der Waals surface area contributed by atoms with Gasteiger partial charge in [-0.3, -0.25) is 9.89 Å². The number of aromatic nitrogens is 2. The Hall–Kier alpha value is -1.36. The van der Waals surface area contributed by atoms with E-state index in [4.69, 9.17) is 5.73 Å². The number of hydrogen-bond acceptors (Lipinski definition) is 3. The first-order chi connectivity index (χ1) is 6.80. The van der Waals surface area contributed by atoms with E-state index < -0.39 is 6.04 Å². The third-order valence-electron chi connectivity index (χ3n) is 2.05. The van der Waals surface area contributed by atoms with Crippen LogP contribution in [0.2, 0.25) is 0 Å². The minimum Gasteiger partial charge on any atom is -0.320 e. The fraction of sp³-hybridized carbons (Fsp3) is 0.600. The summed E-state index contributed by atoms with van der Waals surface area (Å²) in [4.78, 5) is 11.3. The van der Waals surface area contributed by atoms with E-state index >= 15 is 0 Å². The summed E-state index contributed by atoms with van der Waals surface area (Å²) in [6.07, 6.45) is 0. The maximum absolute atomic E-state index is 11.3. The smallest absolute Gasteiger partial charge is 0.242 e. The van der Waals surface area contributed by atoms with Gasteiger partial charge in [0.1, 0.15) is 0 Å². The molecule has 4 N–H and O–H groups in total. The summed E-state index contributed by atoms with van der Waals surface area (Å²) in [6.45, 7) is 7.83. The van der Waals surface area contributed by atoms with Crippen molar-refractivity contribution >= 4 is 11.7 Å². The van der Waals surface area contributed by atoms with Crippen LogP contribution in [0.25, 0.3) is 0 Å². The van der Waals surface area contributed by atoms with Crippen molar-refractivity contribution in [1.29, 1.82) is 0 Å². The minimum absolute atomic E-state index is 0.00961. The fourth-order valence-corrected chi connectivity index (χ4v) is 1.01. The predicted octanol–water partition coefficient (Wildman–Crippen LogP) is 0.993. The van der Waals surface area contributed by atoms with Gasteiger partial charge in [0.2, 0.25) is 5.91 Å². The molecular weight excluding hydrogens is 192 g/mol. The van der Waals surface area contributed by atoms with E-state index in [2.05, 4.69) is 36.3 Å². The summed E-state index contributed by atoms with van der Waals surface area (Å²) >= 11 is 0. The van der Waals surface area contributed by atoms with Crippen LogP contribution in [0, 0.1) is 0 Å². The summed E-state index contributed by atoms with van der Waals surface area (Å²) in [5, 5.41) is 9.50. The second-order valence-corrected chi connectivity index (χ2v) is 4.69. The molecule has 1 aromatic rings. The predicted molar refractivity (Wildman–Crippen MR) is 59.6 cm³/mol. The monoisotopic (exact) mass is 210 g/mol. The number of amides is 1. The topological polar surface area (TPSA) is 83.8 Å². The van der Waals surface area contributed by atoms with Crippen molar-refractivity contribution in [3.63, 3.8) is 0 Å². The van der Waals surface area contributed by atoms with Gasteiger partial charge in [-0.25, -0.2) is 0 Å². The van der Waals surface area contributed by atoms with E-state index in [0.717, 1.165) is 5.69 Å². The summed E-state index contributed by atoms with van der Waals surface area (Å²) < 4.78 is 0. The van der Waals surface area contributed by atoms with Gasteiger partial charge in [-0.05, 0) is 6.92 Å². The SMILES string of the molecule is C[C@H](N)C(=O)Nc1cc(C(C)(C)C)[nH]n1. The molecule has 1 amide bonds. The molecule has 0 radical (unpaired) electrons. The lowest BCUT2D eigenvalue weighted by molar-refractivity contribution is -0.117. The standard InChI is InChI=1S/C10H18N4O/c1-6(11)9(15)12-8-5-7(13-14-8)10(2,3)4/h5-6H,11H2,1-4H3,(H2,12,13,14,15)/t6-/m0/s1. The van der Waals surface area contributed by atoms with Crippen molar-refractivity contribution in [2.24, 2.45) is 5.73 Å². The lowest BCUT2D eigenvalue weighted by atomic mass is 9.92. The normalized spacial score (nSPS) is 13.7. The number of anilines is 1. The number of aromatic amines is 1. The quantitative estimate of drug-likeness (QED) is 0.680. The number of carbonyl (C=O) groups excluding carboxylic acids is 1. The van der Waals surface area contributed by atoms with E-state index in [1.807, 2.05) is 6.07 Å². The molecule has 5 heteroatoms. The van der Waals surface area contributed by atoms with Gasteiger partial charge in [0, 0.05) is 17.2 Å². The van der Waals surface area contributed by atoms with Crippen LogP contribution in [0.5, 0.6) is 0 Å². The van der Waals surface area contributed by atoms with Crippen LogP contribution in [0.1, 0.15) is 33.4 Å². The van der Waals surface area contributed by atoms with Gasteiger partial charge < -0.3 is 11.1 Å². The highest BCUT2D eigenvalue weighted by Crippen LogP contribution is 2.21. The highest BCUT2D eigenvalue weighted by molar-refractivity contribution is 5.93. The molecule has 84 valence electrons. The zero-order valence-electron chi connectivity index (χ0n) is 9.59. The first kappa shape index (κ1) is 11.7. The second kappa shape index (κ2) is 4.02. The Balaban J connectivity index is 2.73. The number of hydrogen-bond donors (Lipinski definition) is 3. The minimum atomic E-state index is -0.528. The summed E-state index contributed by atoms with van der Waals surface area (Å²) in [7, 11) is 0. The Morgan fingerprint density at radius 3 is 2.60 bits per heavy atom. The summed E-state index contributed by atoms with van der Waals surface area (Å²) in [5.41, 5.74) is 6.39. The van der Waals surface area contributed by atoms with Crippen molar-refractivity contribution in [3.8, 4) is 0 Å². The van der Waals surface area contributed by atoms with Gasteiger partial charge in [0.05, 0.1) is 6.04 Å². The highest BCUT2D eigenvalue weighted by Gasteiger charge is 2.17. The van der Waals surface area contributed by atoms with Gasteiger partial charge in [-0.1, -0.05) is 20.8 Å². The molecule has 15 heavy (non-hydrogen) atoms. The highest BCUT2D eigenvalue weighted by atomic mass is 16.2. The van der Waals surface area contributed by atoms with E-state index in [1.165, 1.54) is 0 Å². The maximum Gasteiger partial charge on any atom is 0.242 e. The molecule has 0 spiro atoms. The molecule has 1 aromatic heterocycles. The Labute approximate surface area is 89.4 Å². The fourth-order valence-electron chi connectivity index (χ4n) is 1.01. The zero-order valence-corrected chi connectivity index (χ0v) is 9.59. The number of nitrogens with one attached hydrogen (secondary N) is 2. The molecule has 0 unspecified atom stereocenters. The third-order valence-corrected chi connectivity index (χ3v) is 2.05. The van der Waals surface area contributed by atoms with Crippen LogP contribution < -0.4 is 11.1 Å². The largest absolute Gasteiger partial charge is 0.320 e. The first-order valence-corrected chi connectivity index (χ1v) is 4.93. The van der Waals surface area contributed by atoms with E-state index in [-0.39, 0.29) is 11.3 Å². The van der Waals surface area contributed by atoms with Crippen molar-refractivity contribution in [2.75, 3.05) is 5.32 Å². The number of nitrogens with two attached hydrogens (primary N) is 1. The lowest BCUT2D eigenvalue weighted by Gasteiger charge is -2.14. The molecule has 0 aromatic carbocycles. The second-order valence-electron chi connectivity index (χ2n) is 4.69. The molecular formula is C10H18N4O. The molecule has 0 aliphatic rings. The number of carbonyl (C=O) groups is 1. The lowest BCUT2D eigenvalue weighted by Crippen LogP contribution is -2.32. The molecule has 0 saturated heterocycles. The molecule has 0 bridgehead atoms. The average molecular weight is 210 g/mol. The van der Waals surface area contributed by atoms with Crippen LogP contribution in [0.4, 0.5) is 5.82 Å². The molecule has 1 atom stereocenters. The zero-order chi connectivity index (χ0) is 11.6. The van der Waals surface area contributed by atoms with Crippen LogP contribution in [0.15, 0.2) is 6.07 Å². The molecule has 0 aliphatic heterocycles. The Kier molecular flexibility index (Phi) is 3.14. The van der Waals surface area contributed by atoms with Crippen molar-refractivity contribution in [2.45, 2.75) is 39.2 Å². The van der Waals surface area contributed by atoms with Crippen LogP contribution in [-0.4, -0.2) is 22.1 Å². The molecule has 5 nitrogen and oxygen atoms in total. The summed E-state index contributed by atoms with van der Waals surface area (Å²) in [6, 6.07) is 1.29. The molecule has 0 fully saturated rings.